The van der Waals surface area contributed by atoms with Crippen molar-refractivity contribution < 1.29 is 0 Å². The summed E-state index contributed by atoms with van der Waals surface area (Å²) in [6, 6.07) is 1.99. The van der Waals surface area contributed by atoms with Gasteiger partial charge in [0.2, 0.25) is 0 Å². The van der Waals surface area contributed by atoms with Crippen LogP contribution in [0.3, 0.4) is 0 Å². The van der Waals surface area contributed by atoms with Gasteiger partial charge in [0.05, 0.1) is 0 Å². The van der Waals surface area contributed by atoms with Crippen LogP contribution in [0.25, 0.3) is 0 Å². The number of nitriles is 1. The van der Waals surface area contributed by atoms with Gasteiger partial charge in [-0.05, 0) is 17.8 Å². The molecule has 1 rings (SSSR count). The zero-order valence-electron chi connectivity index (χ0n) is 5.09. The third-order valence-electron chi connectivity index (χ3n) is 0.924. The summed E-state index contributed by atoms with van der Waals surface area (Å²) >= 11 is 8.23. The fourth-order valence-corrected chi connectivity index (χ4v) is 2.09. The standard InChI is InChI=1S/C5H3ClN2S2/c1-9-5-3(2-7)4(6)10-8-5/h1H3. The molecular formula is C5H3ClN2S2. The van der Waals surface area contributed by atoms with E-state index in [2.05, 4.69) is 4.37 Å². The number of hydrogen-bond donors (Lipinski definition) is 0. The zero-order chi connectivity index (χ0) is 7.56. The summed E-state index contributed by atoms with van der Waals surface area (Å²) in [4.78, 5) is 0. The Morgan fingerprint density at radius 3 is 2.90 bits per heavy atom. The highest BCUT2D eigenvalue weighted by Crippen LogP contribution is 2.28. The van der Waals surface area contributed by atoms with Crippen molar-refractivity contribution >= 4 is 34.9 Å². The van der Waals surface area contributed by atoms with Crippen LogP contribution in [0.2, 0.25) is 4.34 Å². The molecule has 0 amide bonds. The van der Waals surface area contributed by atoms with E-state index < -0.39 is 0 Å². The van der Waals surface area contributed by atoms with Gasteiger partial charge in [-0.1, -0.05) is 11.6 Å². The fourth-order valence-electron chi connectivity index (χ4n) is 0.488. The number of rotatable bonds is 1. The molecule has 2 nitrogen and oxygen atoms in total. The molecule has 0 aromatic carbocycles. The van der Waals surface area contributed by atoms with Gasteiger partial charge in [-0.25, -0.2) is 0 Å². The summed E-state index contributed by atoms with van der Waals surface area (Å²) in [7, 11) is 0. The number of hydrogen-bond acceptors (Lipinski definition) is 4. The summed E-state index contributed by atoms with van der Waals surface area (Å²) in [5.74, 6) is 0. The number of thioether (sulfide) groups is 1. The quantitative estimate of drug-likeness (QED) is 0.639. The van der Waals surface area contributed by atoms with E-state index in [0.29, 0.717) is 9.90 Å². The molecule has 0 saturated carbocycles. The third-order valence-corrected chi connectivity index (χ3v) is 2.76. The minimum absolute atomic E-state index is 0.479. The first kappa shape index (κ1) is 7.86. The second-order valence-corrected chi connectivity index (χ2v) is 3.62. The van der Waals surface area contributed by atoms with Crippen molar-refractivity contribution in [2.24, 2.45) is 0 Å². The number of halogens is 1. The Morgan fingerprint density at radius 2 is 2.50 bits per heavy atom. The average Bonchev–Trinajstić information content (AvgIpc) is 2.30. The van der Waals surface area contributed by atoms with Crippen molar-refractivity contribution in [3.63, 3.8) is 0 Å². The molecule has 1 aromatic heterocycles. The Bertz CT molecular complexity index is 276. The average molecular weight is 191 g/mol. The first-order valence-corrected chi connectivity index (χ1v) is 4.76. The topological polar surface area (TPSA) is 36.7 Å². The van der Waals surface area contributed by atoms with Crippen LogP contribution in [0, 0.1) is 11.3 Å². The lowest BCUT2D eigenvalue weighted by Gasteiger charge is -1.84. The van der Waals surface area contributed by atoms with E-state index in [0.717, 1.165) is 16.6 Å². The van der Waals surface area contributed by atoms with Crippen LogP contribution in [0.15, 0.2) is 5.03 Å². The van der Waals surface area contributed by atoms with Crippen molar-refractivity contribution in [2.75, 3.05) is 6.26 Å². The minimum atomic E-state index is 0.479. The molecule has 52 valence electrons. The van der Waals surface area contributed by atoms with E-state index >= 15 is 0 Å². The van der Waals surface area contributed by atoms with Gasteiger partial charge in [0.25, 0.3) is 0 Å². The van der Waals surface area contributed by atoms with Crippen molar-refractivity contribution in [2.45, 2.75) is 5.03 Å². The smallest absolute Gasteiger partial charge is 0.132 e. The van der Waals surface area contributed by atoms with Gasteiger partial charge in [0, 0.05) is 0 Å². The van der Waals surface area contributed by atoms with E-state index in [1.807, 2.05) is 12.3 Å². The summed E-state index contributed by atoms with van der Waals surface area (Å²) in [5.41, 5.74) is 0.499. The van der Waals surface area contributed by atoms with Crippen LogP contribution in [0.4, 0.5) is 0 Å². The van der Waals surface area contributed by atoms with Crippen LogP contribution < -0.4 is 0 Å². The van der Waals surface area contributed by atoms with Crippen molar-refractivity contribution in [1.29, 1.82) is 5.26 Å². The molecule has 5 heteroatoms. The molecule has 0 bridgehead atoms. The van der Waals surface area contributed by atoms with E-state index in [1.54, 1.807) is 0 Å². The Balaban J connectivity index is 3.17. The van der Waals surface area contributed by atoms with E-state index in [1.165, 1.54) is 11.8 Å². The summed E-state index contributed by atoms with van der Waals surface area (Å²) in [6.07, 6.45) is 1.87. The Morgan fingerprint density at radius 1 is 1.80 bits per heavy atom. The van der Waals surface area contributed by atoms with Gasteiger partial charge >= 0.3 is 0 Å². The Hall–Kier alpha value is -0.240. The first-order chi connectivity index (χ1) is 4.79. The fraction of sp³-hybridized carbons (Fsp3) is 0.200. The molecular weight excluding hydrogens is 188 g/mol. The summed E-state index contributed by atoms with van der Waals surface area (Å²) in [5, 5.41) is 9.26. The molecule has 0 atom stereocenters. The molecule has 0 aliphatic rings. The number of nitrogens with zero attached hydrogens (tertiary/aromatic N) is 2. The minimum Gasteiger partial charge on any atom is -0.192 e. The SMILES string of the molecule is CSc1nsc(Cl)c1C#N. The molecule has 10 heavy (non-hydrogen) atoms. The van der Waals surface area contributed by atoms with Crippen LogP contribution in [-0.2, 0) is 0 Å². The van der Waals surface area contributed by atoms with Crippen molar-refractivity contribution in [3.05, 3.63) is 9.90 Å². The Kier molecular flexibility index (Phi) is 2.55. The van der Waals surface area contributed by atoms with Crippen molar-refractivity contribution in [3.8, 4) is 6.07 Å². The van der Waals surface area contributed by atoms with Gasteiger partial charge in [-0.3, -0.25) is 0 Å². The molecule has 0 aliphatic carbocycles. The molecule has 0 saturated heterocycles. The lowest BCUT2D eigenvalue weighted by molar-refractivity contribution is 1.26. The highest BCUT2D eigenvalue weighted by molar-refractivity contribution is 7.98. The second-order valence-electron chi connectivity index (χ2n) is 1.45. The first-order valence-electron chi connectivity index (χ1n) is 2.39. The lowest BCUT2D eigenvalue weighted by atomic mass is 10.4. The highest BCUT2D eigenvalue weighted by atomic mass is 35.5. The van der Waals surface area contributed by atoms with Crippen molar-refractivity contribution in [1.82, 2.24) is 4.37 Å². The molecule has 0 spiro atoms. The highest BCUT2D eigenvalue weighted by Gasteiger charge is 2.09. The monoisotopic (exact) mass is 190 g/mol. The molecule has 0 N–H and O–H groups in total. The molecule has 0 radical (unpaired) electrons. The molecule has 0 unspecified atom stereocenters. The predicted molar refractivity (Wildman–Crippen MR) is 43.6 cm³/mol. The van der Waals surface area contributed by atoms with Crippen LogP contribution >= 0.6 is 34.9 Å². The Labute approximate surface area is 72.0 Å². The molecule has 1 heterocycles. The third kappa shape index (κ3) is 1.26. The normalized spacial score (nSPS) is 9.30. The van der Waals surface area contributed by atoms with Gasteiger partial charge in [-0.2, -0.15) is 9.64 Å². The lowest BCUT2D eigenvalue weighted by Crippen LogP contribution is -1.72. The summed E-state index contributed by atoms with van der Waals surface area (Å²) in [6.45, 7) is 0. The second kappa shape index (κ2) is 3.24. The largest absolute Gasteiger partial charge is 0.192 e. The zero-order valence-corrected chi connectivity index (χ0v) is 7.48. The van der Waals surface area contributed by atoms with Crippen LogP contribution in [0.1, 0.15) is 5.56 Å². The summed E-state index contributed by atoms with van der Waals surface area (Å²) < 4.78 is 4.43. The van der Waals surface area contributed by atoms with Gasteiger partial charge in [-0.15, -0.1) is 11.8 Å². The van der Waals surface area contributed by atoms with Crippen LogP contribution in [-0.4, -0.2) is 10.6 Å². The van der Waals surface area contributed by atoms with Gasteiger partial charge in [0.1, 0.15) is 21.0 Å². The van der Waals surface area contributed by atoms with Gasteiger partial charge < -0.3 is 0 Å². The van der Waals surface area contributed by atoms with E-state index in [-0.39, 0.29) is 0 Å². The van der Waals surface area contributed by atoms with Crippen LogP contribution in [0.5, 0.6) is 0 Å². The maximum atomic E-state index is 8.54. The predicted octanol–water partition coefficient (Wildman–Crippen LogP) is 2.39. The molecule has 0 fully saturated rings. The maximum Gasteiger partial charge on any atom is 0.132 e. The molecule has 1 aromatic rings. The van der Waals surface area contributed by atoms with E-state index in [9.17, 15) is 0 Å². The maximum absolute atomic E-state index is 8.54. The van der Waals surface area contributed by atoms with Gasteiger partial charge in [0.15, 0.2) is 0 Å². The number of aromatic nitrogens is 1. The van der Waals surface area contributed by atoms with E-state index in [4.69, 9.17) is 16.9 Å². The molecule has 0 aliphatic heterocycles.